The van der Waals surface area contributed by atoms with E-state index in [1.807, 2.05) is 30.5 Å². The van der Waals surface area contributed by atoms with E-state index >= 15 is 0 Å². The van der Waals surface area contributed by atoms with Crippen LogP contribution < -0.4 is 21.9 Å². The van der Waals surface area contributed by atoms with E-state index in [2.05, 4.69) is 21.8 Å². The van der Waals surface area contributed by atoms with Crippen molar-refractivity contribution < 1.29 is 15.7 Å². The Morgan fingerprint density at radius 3 is 3.00 bits per heavy atom. The van der Waals surface area contributed by atoms with Crippen LogP contribution in [0.3, 0.4) is 0 Å². The van der Waals surface area contributed by atoms with Crippen LogP contribution in [0.2, 0.25) is 0 Å². The van der Waals surface area contributed by atoms with E-state index in [9.17, 15) is 9.90 Å². The van der Waals surface area contributed by atoms with E-state index in [-0.39, 0.29) is 0 Å². The molecule has 0 bridgehead atoms. The molecule has 0 spiro atoms. The Kier molecular flexibility index (Phi) is 3.38. The van der Waals surface area contributed by atoms with Crippen molar-refractivity contribution in [2.24, 2.45) is 0 Å². The molecule has 0 aliphatic carbocycles. The van der Waals surface area contributed by atoms with E-state index in [0.29, 0.717) is 6.42 Å². The summed E-state index contributed by atoms with van der Waals surface area (Å²) in [6, 6.07) is 6.84. The van der Waals surface area contributed by atoms with Crippen molar-refractivity contribution in [2.75, 3.05) is 0 Å². The van der Waals surface area contributed by atoms with Crippen molar-refractivity contribution >= 4 is 16.9 Å². The number of carboxylic acid groups (broad SMARTS) is 1. The third-order valence-corrected chi connectivity index (χ3v) is 2.67. The fraction of sp³-hybridized carbons (Fsp3) is 0.182. The van der Waals surface area contributed by atoms with Crippen LogP contribution in [-0.4, -0.2) is 17.0 Å². The summed E-state index contributed by atoms with van der Waals surface area (Å²) in [7, 11) is 0. The van der Waals surface area contributed by atoms with Crippen LogP contribution in [0.4, 0.5) is 0 Å². The van der Waals surface area contributed by atoms with Gasteiger partial charge in [0.05, 0.1) is 12.0 Å². The lowest BCUT2D eigenvalue weighted by molar-refractivity contribution is -0.459. The quantitative estimate of drug-likeness (QED) is 0.452. The molecule has 2 aromatic rings. The number of nitrogens with one attached hydrogen (secondary N) is 3. The van der Waals surface area contributed by atoms with Crippen LogP contribution in [0, 0.1) is 0 Å². The van der Waals surface area contributed by atoms with Gasteiger partial charge in [0.2, 0.25) is 0 Å². The number of aromatic amines is 1. The molecule has 90 valence electrons. The number of fused-ring (bicyclic) bond motifs is 1. The van der Waals surface area contributed by atoms with Gasteiger partial charge in [0, 0.05) is 17.1 Å². The van der Waals surface area contributed by atoms with Crippen LogP contribution in [0.25, 0.3) is 10.9 Å². The number of carbonyl (C=O) groups excluding carboxylic acids is 1. The van der Waals surface area contributed by atoms with E-state index in [0.717, 1.165) is 16.5 Å². The highest BCUT2D eigenvalue weighted by atomic mass is 16.4. The minimum Gasteiger partial charge on any atom is -0.548 e. The third-order valence-electron chi connectivity index (χ3n) is 2.67. The Morgan fingerprint density at radius 1 is 1.47 bits per heavy atom. The number of benzene rings is 1. The zero-order valence-corrected chi connectivity index (χ0v) is 9.19. The number of rotatable bonds is 5. The van der Waals surface area contributed by atoms with Gasteiger partial charge in [0.1, 0.15) is 0 Å². The Bertz CT molecular complexity index is 523. The van der Waals surface area contributed by atoms with Crippen LogP contribution in [0.5, 0.6) is 0 Å². The molecule has 17 heavy (non-hydrogen) atoms. The van der Waals surface area contributed by atoms with Gasteiger partial charge >= 0.3 is 0 Å². The summed E-state index contributed by atoms with van der Waals surface area (Å²) in [4.78, 5) is 14.0. The standard InChI is InChI=1S/C11H14N4O2/c12-15-14-10(11(16)17)6-7-2-1-3-9-8(7)4-5-13-9/h1-5,10,13-15H,6,12H2,(H,16,17). The molecule has 6 nitrogen and oxygen atoms in total. The van der Waals surface area contributed by atoms with Crippen LogP contribution in [0.15, 0.2) is 30.5 Å². The summed E-state index contributed by atoms with van der Waals surface area (Å²) in [6.45, 7) is 0. The van der Waals surface area contributed by atoms with Crippen LogP contribution in [0.1, 0.15) is 5.56 Å². The van der Waals surface area contributed by atoms with Gasteiger partial charge in [-0.3, -0.25) is 5.84 Å². The highest BCUT2D eigenvalue weighted by Crippen LogP contribution is 2.18. The second-order valence-corrected chi connectivity index (χ2v) is 3.75. The van der Waals surface area contributed by atoms with E-state index in [1.54, 1.807) is 0 Å². The molecule has 0 fully saturated rings. The molecule has 6 heteroatoms. The molecule has 0 saturated carbocycles. The molecular formula is C11H14N4O2. The average Bonchev–Trinajstić information content (AvgIpc) is 2.77. The summed E-state index contributed by atoms with van der Waals surface area (Å²) in [5.41, 5.74) is 6.87. The summed E-state index contributed by atoms with van der Waals surface area (Å²) in [5.74, 6) is 2.18. The molecule has 1 aromatic heterocycles. The normalized spacial score (nSPS) is 12.8. The maximum atomic E-state index is 10.9. The summed E-state index contributed by atoms with van der Waals surface area (Å²) < 4.78 is 0. The molecule has 1 atom stereocenters. The first-order valence-electron chi connectivity index (χ1n) is 5.26. The number of quaternary nitrogens is 1. The predicted molar refractivity (Wildman–Crippen MR) is 60.0 cm³/mol. The van der Waals surface area contributed by atoms with Crippen molar-refractivity contribution in [3.05, 3.63) is 36.0 Å². The molecule has 1 aromatic carbocycles. The van der Waals surface area contributed by atoms with E-state index < -0.39 is 12.0 Å². The highest BCUT2D eigenvalue weighted by Gasteiger charge is 2.12. The number of carboxylic acids is 1. The molecule has 0 radical (unpaired) electrons. The fourth-order valence-corrected chi connectivity index (χ4v) is 1.86. The first-order valence-corrected chi connectivity index (χ1v) is 5.26. The fourth-order valence-electron chi connectivity index (χ4n) is 1.86. The predicted octanol–water partition coefficient (Wildman–Crippen LogP) is -1.92. The molecule has 0 saturated heterocycles. The molecule has 0 aliphatic heterocycles. The van der Waals surface area contributed by atoms with Gasteiger partial charge in [-0.15, -0.1) is 5.53 Å². The number of aliphatic carboxylic acids is 1. The van der Waals surface area contributed by atoms with Gasteiger partial charge in [-0.25, -0.2) is 5.43 Å². The van der Waals surface area contributed by atoms with Gasteiger partial charge in [-0.1, -0.05) is 12.1 Å². The molecule has 6 N–H and O–H groups in total. The molecule has 2 rings (SSSR count). The zero-order valence-electron chi connectivity index (χ0n) is 9.19. The molecule has 1 unspecified atom stereocenters. The highest BCUT2D eigenvalue weighted by molar-refractivity contribution is 5.83. The Hall–Kier alpha value is -1.89. The first kappa shape index (κ1) is 11.6. The van der Waals surface area contributed by atoms with Crippen molar-refractivity contribution in [3.8, 4) is 0 Å². The van der Waals surface area contributed by atoms with Gasteiger partial charge < -0.3 is 14.9 Å². The summed E-state index contributed by atoms with van der Waals surface area (Å²) in [5, 5.41) is 11.9. The van der Waals surface area contributed by atoms with Crippen LogP contribution >= 0.6 is 0 Å². The lowest BCUT2D eigenvalue weighted by Gasteiger charge is -2.18. The van der Waals surface area contributed by atoms with Crippen molar-refractivity contribution in [1.82, 2.24) is 15.9 Å². The minimum atomic E-state index is -1.16. The zero-order chi connectivity index (χ0) is 12.3. The second-order valence-electron chi connectivity index (χ2n) is 3.75. The number of hydrogen-bond donors (Lipinski definition) is 4. The van der Waals surface area contributed by atoms with Crippen molar-refractivity contribution in [1.29, 1.82) is 0 Å². The monoisotopic (exact) mass is 234 g/mol. The SMILES string of the molecule is [NH3+]NNC(Cc1cccc2[nH]ccc12)C(=O)[O-]. The Morgan fingerprint density at radius 2 is 2.29 bits per heavy atom. The van der Waals surface area contributed by atoms with Gasteiger partial charge in [0.15, 0.2) is 0 Å². The smallest absolute Gasteiger partial charge is 0.0696 e. The average molecular weight is 234 g/mol. The number of carbonyl (C=O) groups is 1. The van der Waals surface area contributed by atoms with Gasteiger partial charge in [0.25, 0.3) is 0 Å². The van der Waals surface area contributed by atoms with Gasteiger partial charge in [-0.2, -0.15) is 0 Å². The largest absolute Gasteiger partial charge is 0.548 e. The maximum Gasteiger partial charge on any atom is 0.0696 e. The van der Waals surface area contributed by atoms with E-state index in [4.69, 9.17) is 0 Å². The minimum absolute atomic E-state index is 0.333. The first-order chi connectivity index (χ1) is 8.22. The lowest BCUT2D eigenvalue weighted by atomic mass is 10.0. The maximum absolute atomic E-state index is 10.9. The lowest BCUT2D eigenvalue weighted by Crippen LogP contribution is -2.73. The molecule has 0 amide bonds. The summed E-state index contributed by atoms with van der Waals surface area (Å²) >= 11 is 0. The Balaban J connectivity index is 2.27. The van der Waals surface area contributed by atoms with E-state index in [1.165, 1.54) is 0 Å². The Labute approximate surface area is 97.8 Å². The number of hydrazine groups is 1. The third kappa shape index (κ3) is 2.44. The molecular weight excluding hydrogens is 220 g/mol. The van der Waals surface area contributed by atoms with Crippen molar-refractivity contribution in [2.45, 2.75) is 12.5 Å². The number of aromatic nitrogens is 1. The molecule has 1 heterocycles. The second kappa shape index (κ2) is 4.96. The summed E-state index contributed by atoms with van der Waals surface area (Å²) in [6.07, 6.45) is 2.16. The topological polar surface area (TPSA) is 108 Å². The van der Waals surface area contributed by atoms with Gasteiger partial charge in [-0.05, 0) is 24.1 Å². The number of hydrogen-bond acceptors (Lipinski definition) is 4. The molecule has 0 aliphatic rings. The number of H-pyrrole nitrogens is 1. The van der Waals surface area contributed by atoms with Crippen molar-refractivity contribution in [3.63, 3.8) is 0 Å². The van der Waals surface area contributed by atoms with Crippen LogP contribution in [-0.2, 0) is 11.2 Å².